The van der Waals surface area contributed by atoms with Gasteiger partial charge < -0.3 is 4.57 Å². The van der Waals surface area contributed by atoms with Gasteiger partial charge in [0.05, 0.1) is 29.5 Å². The lowest BCUT2D eigenvalue weighted by atomic mass is 9.96. The molecule has 0 fully saturated rings. The molecule has 5 nitrogen and oxygen atoms in total. The number of rotatable bonds is 4. The minimum atomic E-state index is -0.476. The zero-order chi connectivity index (χ0) is 22.4. The van der Waals surface area contributed by atoms with E-state index in [0.29, 0.717) is 6.54 Å². The molecule has 1 aliphatic rings. The number of fused-ring (bicyclic) bond motifs is 1. The molecule has 0 N–H and O–H groups in total. The summed E-state index contributed by atoms with van der Waals surface area (Å²) >= 11 is 5.92. The van der Waals surface area contributed by atoms with Gasteiger partial charge in [-0.1, -0.05) is 29.8 Å². The Morgan fingerprint density at radius 1 is 1.06 bits per heavy atom. The Morgan fingerprint density at radius 2 is 1.88 bits per heavy atom. The second-order valence-electron chi connectivity index (χ2n) is 7.95. The van der Waals surface area contributed by atoms with Crippen LogP contribution in [0.4, 0.5) is 4.39 Å². The predicted molar refractivity (Wildman–Crippen MR) is 124 cm³/mol. The van der Waals surface area contributed by atoms with E-state index in [-0.39, 0.29) is 16.6 Å². The molecule has 0 aliphatic carbocycles. The minimum Gasteiger partial charge on any atom is -0.308 e. The normalized spacial score (nSPS) is 13.7. The molecule has 32 heavy (non-hydrogen) atoms. The Labute approximate surface area is 189 Å². The lowest BCUT2D eigenvalue weighted by molar-refractivity contribution is 0.604. The molecule has 1 aliphatic heterocycles. The van der Waals surface area contributed by atoms with Gasteiger partial charge in [0, 0.05) is 36.6 Å². The van der Waals surface area contributed by atoms with Crippen molar-refractivity contribution in [3.05, 3.63) is 111 Å². The molecule has 1 unspecified atom stereocenters. The fourth-order valence-electron chi connectivity index (χ4n) is 4.08. The number of pyridine rings is 1. The largest absolute Gasteiger partial charge is 0.308 e. The van der Waals surface area contributed by atoms with Gasteiger partial charge >= 0.3 is 0 Å². The van der Waals surface area contributed by atoms with Gasteiger partial charge in [-0.3, -0.25) is 14.5 Å². The second kappa shape index (κ2) is 7.88. The van der Waals surface area contributed by atoms with Crippen LogP contribution in [0.15, 0.2) is 76.9 Å². The molecule has 0 saturated heterocycles. The first-order valence-electron chi connectivity index (χ1n) is 10.2. The highest BCUT2D eigenvalue weighted by Crippen LogP contribution is 2.29. The van der Waals surface area contributed by atoms with Crippen LogP contribution < -0.4 is 5.56 Å². The minimum absolute atomic E-state index is 0.0447. The van der Waals surface area contributed by atoms with Crippen LogP contribution in [-0.2, 0) is 13.6 Å². The molecule has 3 heterocycles. The number of hydrogen-bond donors (Lipinski definition) is 0. The smallest absolute Gasteiger partial charge is 0.251 e. The number of nitrogens with zero attached hydrogens (tertiary/aromatic N) is 4. The summed E-state index contributed by atoms with van der Waals surface area (Å²) in [6.45, 7) is 2.52. The topological polar surface area (TPSA) is 52.2 Å². The summed E-state index contributed by atoms with van der Waals surface area (Å²) in [6, 6.07) is 13.9. The van der Waals surface area contributed by atoms with Gasteiger partial charge in [0.15, 0.2) is 0 Å². The summed E-state index contributed by atoms with van der Waals surface area (Å²) in [5.41, 5.74) is 6.52. The van der Waals surface area contributed by atoms with E-state index in [9.17, 15) is 9.18 Å². The zero-order valence-corrected chi connectivity index (χ0v) is 18.3. The van der Waals surface area contributed by atoms with E-state index in [4.69, 9.17) is 11.6 Å². The zero-order valence-electron chi connectivity index (χ0n) is 17.6. The highest BCUT2D eigenvalue weighted by Gasteiger charge is 2.20. The molecule has 0 bridgehead atoms. The Hall–Kier alpha value is -3.51. The van der Waals surface area contributed by atoms with Crippen LogP contribution in [0.25, 0.3) is 11.1 Å². The predicted octanol–water partition coefficient (Wildman–Crippen LogP) is 5.00. The van der Waals surface area contributed by atoms with Gasteiger partial charge in [-0.25, -0.2) is 4.39 Å². The summed E-state index contributed by atoms with van der Waals surface area (Å²) < 4.78 is 16.9. The molecule has 2 aromatic heterocycles. The van der Waals surface area contributed by atoms with Crippen molar-refractivity contribution in [2.75, 3.05) is 0 Å². The summed E-state index contributed by atoms with van der Waals surface area (Å²) in [5.74, 6) is -0.476. The average molecular weight is 447 g/mol. The first-order chi connectivity index (χ1) is 15.4. The SMILES string of the molecule is CC(c1ccc(F)c(Cl)c1)n1ccc(-c2ccc3c(c2)C(c2cnn(C)c2)=NC3)cc1=O. The Morgan fingerprint density at radius 3 is 2.59 bits per heavy atom. The van der Waals surface area contributed by atoms with E-state index in [1.54, 1.807) is 33.6 Å². The number of aryl methyl sites for hydroxylation is 1. The van der Waals surface area contributed by atoms with Gasteiger partial charge in [-0.05, 0) is 53.4 Å². The standard InChI is InChI=1S/C25H20ClFN4O/c1-15(16-5-6-23(27)22(26)10-16)31-8-7-18(11-24(31)32)17-3-4-19-12-28-25(21(19)9-17)20-13-29-30(2)14-20/h3-11,13-15H,12H2,1-2H3. The van der Waals surface area contributed by atoms with Crippen molar-refractivity contribution in [3.8, 4) is 11.1 Å². The molecule has 0 saturated carbocycles. The van der Waals surface area contributed by atoms with Crippen molar-refractivity contribution >= 4 is 17.3 Å². The molecule has 4 aromatic rings. The molecule has 0 spiro atoms. The van der Waals surface area contributed by atoms with Crippen LogP contribution in [0.5, 0.6) is 0 Å². The maximum atomic E-state index is 13.5. The fourth-order valence-corrected chi connectivity index (χ4v) is 4.27. The van der Waals surface area contributed by atoms with Gasteiger partial charge in [0.1, 0.15) is 5.82 Å². The van der Waals surface area contributed by atoms with E-state index in [1.807, 2.05) is 38.5 Å². The van der Waals surface area contributed by atoms with Gasteiger partial charge in [0.2, 0.25) is 0 Å². The Bertz CT molecular complexity index is 1440. The molecule has 0 radical (unpaired) electrons. The molecule has 5 rings (SSSR count). The first kappa shape index (κ1) is 20.4. The first-order valence-corrected chi connectivity index (χ1v) is 10.6. The van der Waals surface area contributed by atoms with E-state index in [1.165, 1.54) is 6.07 Å². The van der Waals surface area contributed by atoms with Crippen LogP contribution in [0, 0.1) is 5.82 Å². The Balaban J connectivity index is 1.48. The third kappa shape index (κ3) is 3.56. The highest BCUT2D eigenvalue weighted by atomic mass is 35.5. The molecular weight excluding hydrogens is 427 g/mol. The molecule has 2 aromatic carbocycles. The summed E-state index contributed by atoms with van der Waals surface area (Å²) in [5, 5.41) is 4.30. The lowest BCUT2D eigenvalue weighted by Gasteiger charge is -2.17. The van der Waals surface area contributed by atoms with Crippen molar-refractivity contribution in [2.45, 2.75) is 19.5 Å². The maximum absolute atomic E-state index is 13.5. The van der Waals surface area contributed by atoms with Crippen molar-refractivity contribution in [1.82, 2.24) is 14.3 Å². The van der Waals surface area contributed by atoms with Crippen LogP contribution in [-0.4, -0.2) is 20.1 Å². The summed E-state index contributed by atoms with van der Waals surface area (Å²) in [6.07, 6.45) is 5.53. The third-order valence-corrected chi connectivity index (χ3v) is 6.17. The number of hydrogen-bond acceptors (Lipinski definition) is 3. The van der Waals surface area contributed by atoms with E-state index in [2.05, 4.69) is 22.2 Å². The van der Waals surface area contributed by atoms with Crippen molar-refractivity contribution in [2.24, 2.45) is 12.0 Å². The number of aliphatic imine (C=N–C) groups is 1. The molecule has 0 amide bonds. The third-order valence-electron chi connectivity index (χ3n) is 5.88. The van der Waals surface area contributed by atoms with E-state index in [0.717, 1.165) is 39.1 Å². The van der Waals surface area contributed by atoms with Crippen LogP contribution in [0.1, 0.15) is 35.2 Å². The fraction of sp³-hybridized carbons (Fsp3) is 0.160. The van der Waals surface area contributed by atoms with E-state index >= 15 is 0 Å². The van der Waals surface area contributed by atoms with Crippen LogP contribution in [0.3, 0.4) is 0 Å². The number of aromatic nitrogens is 3. The van der Waals surface area contributed by atoms with Gasteiger partial charge in [0.25, 0.3) is 5.56 Å². The molecule has 7 heteroatoms. The van der Waals surface area contributed by atoms with Crippen LogP contribution >= 0.6 is 11.6 Å². The average Bonchev–Trinajstić information content (AvgIpc) is 3.40. The van der Waals surface area contributed by atoms with Gasteiger partial charge in [-0.15, -0.1) is 0 Å². The molecule has 160 valence electrons. The number of halogens is 2. The van der Waals surface area contributed by atoms with Crippen molar-refractivity contribution < 1.29 is 4.39 Å². The maximum Gasteiger partial charge on any atom is 0.251 e. The molecule has 1 atom stereocenters. The molecular formula is C25H20ClFN4O. The summed E-state index contributed by atoms with van der Waals surface area (Å²) in [7, 11) is 1.88. The van der Waals surface area contributed by atoms with Crippen LogP contribution in [0.2, 0.25) is 5.02 Å². The van der Waals surface area contributed by atoms with Gasteiger partial charge in [-0.2, -0.15) is 5.10 Å². The highest BCUT2D eigenvalue weighted by molar-refractivity contribution is 6.30. The lowest BCUT2D eigenvalue weighted by Crippen LogP contribution is -2.22. The van der Waals surface area contributed by atoms with Crippen molar-refractivity contribution in [1.29, 1.82) is 0 Å². The van der Waals surface area contributed by atoms with Crippen molar-refractivity contribution in [3.63, 3.8) is 0 Å². The quantitative estimate of drug-likeness (QED) is 0.443. The number of benzene rings is 2. The summed E-state index contributed by atoms with van der Waals surface area (Å²) in [4.78, 5) is 17.6. The monoisotopic (exact) mass is 446 g/mol. The second-order valence-corrected chi connectivity index (χ2v) is 8.36. The Kier molecular flexibility index (Phi) is 5.02. The van der Waals surface area contributed by atoms with E-state index < -0.39 is 5.82 Å².